The maximum Gasteiger partial charge on any atom is 0.272 e. The van der Waals surface area contributed by atoms with E-state index in [1.807, 2.05) is 31.2 Å². The van der Waals surface area contributed by atoms with Gasteiger partial charge >= 0.3 is 0 Å². The largest absolute Gasteiger partial charge is 0.383 e. The van der Waals surface area contributed by atoms with Gasteiger partial charge in [0, 0.05) is 18.2 Å². The summed E-state index contributed by atoms with van der Waals surface area (Å²) in [6.07, 6.45) is 0.571. The molecule has 4 nitrogen and oxygen atoms in total. The summed E-state index contributed by atoms with van der Waals surface area (Å²) in [7, 11) is 0. The molecule has 5 heteroatoms. The molecule has 0 aliphatic carbocycles. The normalized spacial score (nSPS) is 10.3. The third-order valence-corrected chi connectivity index (χ3v) is 3.42. The minimum atomic E-state index is -0.351. The molecule has 0 unspecified atom stereocenters. The first-order valence-corrected chi connectivity index (χ1v) is 6.68. The lowest BCUT2D eigenvalue weighted by atomic mass is 10.1. The van der Waals surface area contributed by atoms with Crippen LogP contribution < -0.4 is 5.32 Å². The van der Waals surface area contributed by atoms with Gasteiger partial charge in [-0.1, -0.05) is 41.9 Å². The van der Waals surface area contributed by atoms with Crippen molar-refractivity contribution in [2.24, 2.45) is 0 Å². The van der Waals surface area contributed by atoms with E-state index in [1.54, 1.807) is 12.1 Å². The lowest BCUT2D eigenvalue weighted by molar-refractivity contribution is -0.385. The zero-order valence-electron chi connectivity index (χ0n) is 11.1. The molecule has 0 aliphatic heterocycles. The molecular weight excluding hydrogens is 276 g/mol. The van der Waals surface area contributed by atoms with Crippen molar-refractivity contribution in [3.8, 4) is 0 Å². The molecule has 2 aromatic rings. The number of nitro benzene ring substituents is 1. The molecule has 0 heterocycles. The number of halogens is 1. The molecule has 0 fully saturated rings. The van der Waals surface area contributed by atoms with Crippen LogP contribution in [0.5, 0.6) is 0 Å². The van der Waals surface area contributed by atoms with Gasteiger partial charge in [-0.15, -0.1) is 0 Å². The molecule has 0 saturated heterocycles. The van der Waals surface area contributed by atoms with E-state index < -0.39 is 0 Å². The summed E-state index contributed by atoms with van der Waals surface area (Å²) in [6, 6.07) is 12.5. The first kappa shape index (κ1) is 14.3. The van der Waals surface area contributed by atoms with Gasteiger partial charge < -0.3 is 5.32 Å². The van der Waals surface area contributed by atoms with Gasteiger partial charge in [0.05, 0.1) is 15.6 Å². The van der Waals surface area contributed by atoms with Crippen molar-refractivity contribution in [1.82, 2.24) is 0 Å². The predicted molar refractivity (Wildman–Crippen MR) is 81.5 cm³/mol. The molecule has 20 heavy (non-hydrogen) atoms. The van der Waals surface area contributed by atoms with Crippen molar-refractivity contribution in [3.05, 3.63) is 68.7 Å². The number of anilines is 1. The second kappa shape index (κ2) is 6.39. The fourth-order valence-electron chi connectivity index (χ4n) is 2.08. The maximum absolute atomic E-state index is 10.9. The predicted octanol–water partition coefficient (Wildman–Crippen LogP) is 4.21. The lowest BCUT2D eigenvalue weighted by Gasteiger charge is -2.11. The number of hydrogen-bond donors (Lipinski definition) is 1. The molecule has 0 spiro atoms. The van der Waals surface area contributed by atoms with Gasteiger partial charge in [0.15, 0.2) is 0 Å². The van der Waals surface area contributed by atoms with E-state index in [0.29, 0.717) is 18.0 Å². The first-order valence-electron chi connectivity index (χ1n) is 6.31. The van der Waals surface area contributed by atoms with Gasteiger partial charge in [-0.05, 0) is 25.0 Å². The molecule has 1 N–H and O–H groups in total. The van der Waals surface area contributed by atoms with Crippen molar-refractivity contribution >= 4 is 23.0 Å². The Bertz CT molecular complexity index is 609. The Kier molecular flexibility index (Phi) is 4.58. The summed E-state index contributed by atoms with van der Waals surface area (Å²) < 4.78 is 0. The highest BCUT2D eigenvalue weighted by Gasteiger charge is 2.12. The smallest absolute Gasteiger partial charge is 0.272 e. The van der Waals surface area contributed by atoms with Gasteiger partial charge in [-0.3, -0.25) is 10.1 Å². The van der Waals surface area contributed by atoms with Crippen molar-refractivity contribution in [2.45, 2.75) is 13.3 Å². The third kappa shape index (κ3) is 3.27. The van der Waals surface area contributed by atoms with E-state index in [9.17, 15) is 10.1 Å². The fourth-order valence-corrected chi connectivity index (χ4v) is 2.37. The minimum Gasteiger partial charge on any atom is -0.383 e. The number of aryl methyl sites for hydroxylation is 1. The van der Waals surface area contributed by atoms with Gasteiger partial charge in [-0.25, -0.2) is 0 Å². The van der Waals surface area contributed by atoms with Crippen molar-refractivity contribution < 1.29 is 4.92 Å². The Morgan fingerprint density at radius 1 is 1.20 bits per heavy atom. The number of benzene rings is 2. The summed E-state index contributed by atoms with van der Waals surface area (Å²) in [5.41, 5.74) is 2.81. The first-order chi connectivity index (χ1) is 9.59. The Morgan fingerprint density at radius 2 is 1.95 bits per heavy atom. The monoisotopic (exact) mass is 290 g/mol. The van der Waals surface area contributed by atoms with Crippen LogP contribution in [-0.4, -0.2) is 11.5 Å². The second-order valence-corrected chi connectivity index (χ2v) is 4.90. The SMILES string of the molecule is Cc1cccc(Cl)c1NCCc1ccccc1[N+](=O)[O-]. The quantitative estimate of drug-likeness (QED) is 0.663. The standard InChI is InChI=1S/C15H15ClN2O2/c1-11-5-4-7-13(16)15(11)17-10-9-12-6-2-3-8-14(12)18(19)20/h2-8,17H,9-10H2,1H3. The molecule has 2 aromatic carbocycles. The molecule has 0 bridgehead atoms. The van der Waals surface area contributed by atoms with Crippen LogP contribution in [0.15, 0.2) is 42.5 Å². The summed E-state index contributed by atoms with van der Waals surface area (Å²) in [4.78, 5) is 10.6. The van der Waals surface area contributed by atoms with Crippen LogP contribution in [0.1, 0.15) is 11.1 Å². The lowest BCUT2D eigenvalue weighted by Crippen LogP contribution is -2.08. The maximum atomic E-state index is 10.9. The van der Waals surface area contributed by atoms with Gasteiger partial charge in [-0.2, -0.15) is 0 Å². The van der Waals surface area contributed by atoms with E-state index in [1.165, 1.54) is 6.07 Å². The summed E-state index contributed by atoms with van der Waals surface area (Å²) in [5.74, 6) is 0. The van der Waals surface area contributed by atoms with E-state index >= 15 is 0 Å². The van der Waals surface area contributed by atoms with Crippen LogP contribution >= 0.6 is 11.6 Å². The van der Waals surface area contributed by atoms with E-state index in [4.69, 9.17) is 11.6 Å². The van der Waals surface area contributed by atoms with E-state index in [-0.39, 0.29) is 10.6 Å². The van der Waals surface area contributed by atoms with Crippen molar-refractivity contribution in [3.63, 3.8) is 0 Å². The summed E-state index contributed by atoms with van der Waals surface area (Å²) in [5, 5.41) is 14.8. The van der Waals surface area contributed by atoms with Crippen LogP contribution in [0.3, 0.4) is 0 Å². The molecule has 0 aromatic heterocycles. The number of hydrogen-bond acceptors (Lipinski definition) is 3. The number of rotatable bonds is 5. The Balaban J connectivity index is 2.05. The summed E-state index contributed by atoms with van der Waals surface area (Å²) >= 11 is 6.12. The number of para-hydroxylation sites is 2. The van der Waals surface area contributed by atoms with Crippen molar-refractivity contribution in [2.75, 3.05) is 11.9 Å². The van der Waals surface area contributed by atoms with Gasteiger partial charge in [0.2, 0.25) is 0 Å². The number of nitrogens with one attached hydrogen (secondary N) is 1. The zero-order chi connectivity index (χ0) is 14.5. The average Bonchev–Trinajstić information content (AvgIpc) is 2.42. The number of nitrogens with zero attached hydrogens (tertiary/aromatic N) is 1. The van der Waals surface area contributed by atoms with Gasteiger partial charge in [0.25, 0.3) is 5.69 Å². The van der Waals surface area contributed by atoms with E-state index in [0.717, 1.165) is 16.8 Å². The van der Waals surface area contributed by atoms with Gasteiger partial charge in [0.1, 0.15) is 0 Å². The van der Waals surface area contributed by atoms with Crippen LogP contribution in [-0.2, 0) is 6.42 Å². The molecule has 0 atom stereocenters. The summed E-state index contributed by atoms with van der Waals surface area (Å²) in [6.45, 7) is 2.56. The Hall–Kier alpha value is -2.07. The highest BCUT2D eigenvalue weighted by molar-refractivity contribution is 6.33. The van der Waals surface area contributed by atoms with Crippen LogP contribution in [0.2, 0.25) is 5.02 Å². The third-order valence-electron chi connectivity index (χ3n) is 3.11. The highest BCUT2D eigenvalue weighted by Crippen LogP contribution is 2.25. The van der Waals surface area contributed by atoms with Crippen LogP contribution in [0, 0.1) is 17.0 Å². The zero-order valence-corrected chi connectivity index (χ0v) is 11.9. The Labute approximate surface area is 122 Å². The Morgan fingerprint density at radius 3 is 2.65 bits per heavy atom. The molecule has 0 saturated carbocycles. The topological polar surface area (TPSA) is 55.2 Å². The number of nitro groups is 1. The molecular formula is C15H15ClN2O2. The molecule has 0 aliphatic rings. The second-order valence-electron chi connectivity index (χ2n) is 4.49. The molecule has 0 amide bonds. The molecule has 104 valence electrons. The minimum absolute atomic E-state index is 0.158. The fraction of sp³-hybridized carbons (Fsp3) is 0.200. The average molecular weight is 291 g/mol. The highest BCUT2D eigenvalue weighted by atomic mass is 35.5. The van der Waals surface area contributed by atoms with Crippen molar-refractivity contribution in [1.29, 1.82) is 0 Å². The molecule has 0 radical (unpaired) electrons. The van der Waals surface area contributed by atoms with E-state index in [2.05, 4.69) is 5.32 Å². The van der Waals surface area contributed by atoms with Crippen LogP contribution in [0.4, 0.5) is 11.4 Å². The molecule has 2 rings (SSSR count). The van der Waals surface area contributed by atoms with Crippen LogP contribution in [0.25, 0.3) is 0 Å².